The molecule has 1 heterocycles. The molecule has 0 saturated carbocycles. The fraction of sp³-hybridized carbons (Fsp3) is 0.222. The molecule has 2 aromatic carbocycles. The average Bonchev–Trinajstić information content (AvgIpc) is 2.54. The Morgan fingerprint density at radius 3 is 2.57 bits per heavy atom. The van der Waals surface area contributed by atoms with Gasteiger partial charge in [-0.1, -0.05) is 23.7 Å². The van der Waals surface area contributed by atoms with Crippen molar-refractivity contribution in [1.82, 2.24) is 4.90 Å². The molecule has 0 atom stereocenters. The van der Waals surface area contributed by atoms with Gasteiger partial charge >= 0.3 is 0 Å². The lowest BCUT2D eigenvalue weighted by Crippen LogP contribution is -2.28. The summed E-state index contributed by atoms with van der Waals surface area (Å²) >= 11 is 6.12. The minimum absolute atomic E-state index is 0.272. The number of anilines is 1. The fourth-order valence-corrected chi connectivity index (χ4v) is 3.37. The fourth-order valence-electron chi connectivity index (χ4n) is 3.18. The van der Waals surface area contributed by atoms with E-state index in [-0.39, 0.29) is 5.69 Å². The van der Waals surface area contributed by atoms with E-state index in [2.05, 4.69) is 17.0 Å². The van der Waals surface area contributed by atoms with Gasteiger partial charge in [-0.2, -0.15) is 10.5 Å². The van der Waals surface area contributed by atoms with E-state index in [9.17, 15) is 10.5 Å². The van der Waals surface area contributed by atoms with Gasteiger partial charge in [-0.05, 0) is 42.3 Å². The van der Waals surface area contributed by atoms with Crippen LogP contribution in [0.2, 0.25) is 5.02 Å². The maximum Gasteiger partial charge on any atom is 0.102 e. The molecule has 114 valence electrons. The lowest BCUT2D eigenvalue weighted by Gasteiger charge is -2.29. The lowest BCUT2D eigenvalue weighted by molar-refractivity contribution is 0.313. The summed E-state index contributed by atoms with van der Waals surface area (Å²) in [5.74, 6) is 0. The Morgan fingerprint density at radius 1 is 1.17 bits per heavy atom. The van der Waals surface area contributed by atoms with Gasteiger partial charge in [0, 0.05) is 23.7 Å². The Bertz CT molecular complexity index is 874. The molecule has 0 amide bonds. The summed E-state index contributed by atoms with van der Waals surface area (Å²) < 4.78 is 0. The normalized spacial score (nSPS) is 13.9. The number of hydrogen-bond donors (Lipinski definition) is 1. The maximum atomic E-state index is 9.63. The van der Waals surface area contributed by atoms with Gasteiger partial charge < -0.3 is 10.6 Å². The van der Waals surface area contributed by atoms with Gasteiger partial charge in [0.2, 0.25) is 0 Å². The monoisotopic (exact) mass is 322 g/mol. The summed E-state index contributed by atoms with van der Waals surface area (Å²) in [5.41, 5.74) is 10.8. The van der Waals surface area contributed by atoms with E-state index < -0.39 is 0 Å². The Kier molecular flexibility index (Phi) is 3.96. The molecule has 2 N–H and O–H groups in total. The summed E-state index contributed by atoms with van der Waals surface area (Å²) in [6.45, 7) is 1.54. The van der Waals surface area contributed by atoms with E-state index in [4.69, 9.17) is 17.3 Å². The average molecular weight is 323 g/mol. The van der Waals surface area contributed by atoms with Crippen molar-refractivity contribution in [2.45, 2.75) is 13.0 Å². The molecule has 23 heavy (non-hydrogen) atoms. The van der Waals surface area contributed by atoms with Crippen molar-refractivity contribution in [1.29, 1.82) is 10.5 Å². The third-order valence-electron chi connectivity index (χ3n) is 4.26. The van der Waals surface area contributed by atoms with Gasteiger partial charge in [0.05, 0.1) is 16.8 Å². The van der Waals surface area contributed by atoms with Crippen LogP contribution in [0.4, 0.5) is 5.69 Å². The summed E-state index contributed by atoms with van der Waals surface area (Å²) in [6, 6.07) is 11.8. The third-order valence-corrected chi connectivity index (χ3v) is 4.50. The highest BCUT2D eigenvalue weighted by Gasteiger charge is 2.26. The summed E-state index contributed by atoms with van der Waals surface area (Å²) in [6.07, 6.45) is 0.748. The molecule has 5 heteroatoms. The first-order chi connectivity index (χ1) is 11.1. The van der Waals surface area contributed by atoms with Gasteiger partial charge in [-0.3, -0.25) is 0 Å². The molecule has 3 rings (SSSR count). The molecule has 0 saturated heterocycles. The van der Waals surface area contributed by atoms with Crippen LogP contribution in [0, 0.1) is 22.7 Å². The molecular formula is C18H15ClN4. The van der Waals surface area contributed by atoms with Crippen LogP contribution in [-0.4, -0.2) is 18.5 Å². The Balaban J connectivity index is 2.41. The van der Waals surface area contributed by atoms with Crippen molar-refractivity contribution in [2.75, 3.05) is 19.3 Å². The van der Waals surface area contributed by atoms with Crippen molar-refractivity contribution in [2.24, 2.45) is 0 Å². The highest BCUT2D eigenvalue weighted by molar-refractivity contribution is 6.30. The summed E-state index contributed by atoms with van der Waals surface area (Å²) in [7, 11) is 2.03. The van der Waals surface area contributed by atoms with Gasteiger partial charge in [-0.15, -0.1) is 0 Å². The Hall–Kier alpha value is -2.53. The smallest absolute Gasteiger partial charge is 0.102 e. The predicted molar refractivity (Wildman–Crippen MR) is 90.8 cm³/mol. The second kappa shape index (κ2) is 5.93. The van der Waals surface area contributed by atoms with E-state index in [0.29, 0.717) is 22.7 Å². The van der Waals surface area contributed by atoms with Crippen molar-refractivity contribution < 1.29 is 0 Å². The Labute approximate surface area is 140 Å². The van der Waals surface area contributed by atoms with Gasteiger partial charge in [-0.25, -0.2) is 0 Å². The number of likely N-dealkylation sites (N-methyl/N-ethyl adjacent to an activating group) is 1. The van der Waals surface area contributed by atoms with Crippen molar-refractivity contribution in [3.63, 3.8) is 0 Å². The zero-order valence-electron chi connectivity index (χ0n) is 12.7. The topological polar surface area (TPSA) is 76.8 Å². The van der Waals surface area contributed by atoms with Gasteiger partial charge in [0.25, 0.3) is 0 Å². The zero-order chi connectivity index (χ0) is 16.6. The number of nitrogens with two attached hydrogens (primary N) is 1. The largest absolute Gasteiger partial charge is 0.397 e. The zero-order valence-corrected chi connectivity index (χ0v) is 13.5. The molecular weight excluding hydrogens is 308 g/mol. The molecule has 1 aliphatic rings. The summed E-state index contributed by atoms with van der Waals surface area (Å²) in [4.78, 5) is 2.18. The standard InChI is InChI=1S/C18H15ClN4/c1-23-6-5-13-14(8-20)18(22)15(9-21)17(16(13)10-23)11-3-2-4-12(19)7-11/h2-4,7H,5-6,10,22H2,1H3. The van der Waals surface area contributed by atoms with E-state index in [1.54, 1.807) is 6.07 Å². The molecule has 2 aromatic rings. The van der Waals surface area contributed by atoms with E-state index in [1.807, 2.05) is 25.2 Å². The molecule has 0 aliphatic carbocycles. The molecule has 0 radical (unpaired) electrons. The minimum Gasteiger partial charge on any atom is -0.397 e. The molecule has 0 aromatic heterocycles. The van der Waals surface area contributed by atoms with Crippen LogP contribution in [0.1, 0.15) is 22.3 Å². The molecule has 0 unspecified atom stereocenters. The molecule has 0 fully saturated rings. The molecule has 1 aliphatic heterocycles. The van der Waals surface area contributed by atoms with Gasteiger partial charge in [0.15, 0.2) is 0 Å². The second-order valence-electron chi connectivity index (χ2n) is 5.72. The van der Waals surface area contributed by atoms with E-state index >= 15 is 0 Å². The van der Waals surface area contributed by atoms with Crippen LogP contribution in [-0.2, 0) is 13.0 Å². The van der Waals surface area contributed by atoms with Crippen LogP contribution >= 0.6 is 11.6 Å². The number of rotatable bonds is 1. The molecule has 0 bridgehead atoms. The number of hydrogen-bond acceptors (Lipinski definition) is 4. The number of nitrogen functional groups attached to an aromatic ring is 1. The predicted octanol–water partition coefficient (Wildman–Crippen LogP) is 3.32. The van der Waals surface area contributed by atoms with Crippen molar-refractivity contribution >= 4 is 17.3 Å². The number of nitrogens with zero attached hydrogens (tertiary/aromatic N) is 3. The number of benzene rings is 2. The van der Waals surface area contributed by atoms with Crippen molar-refractivity contribution in [3.8, 4) is 23.3 Å². The highest BCUT2D eigenvalue weighted by Crippen LogP contribution is 2.39. The van der Waals surface area contributed by atoms with E-state index in [1.165, 1.54) is 0 Å². The number of fused-ring (bicyclic) bond motifs is 1. The number of nitriles is 2. The van der Waals surface area contributed by atoms with E-state index in [0.717, 1.165) is 35.2 Å². The van der Waals surface area contributed by atoms with Gasteiger partial charge in [0.1, 0.15) is 12.1 Å². The number of halogens is 1. The first-order valence-corrected chi connectivity index (χ1v) is 7.66. The second-order valence-corrected chi connectivity index (χ2v) is 6.15. The minimum atomic E-state index is 0.272. The van der Waals surface area contributed by atoms with Crippen molar-refractivity contribution in [3.05, 3.63) is 51.5 Å². The molecule has 0 spiro atoms. The first-order valence-electron chi connectivity index (χ1n) is 7.28. The first kappa shape index (κ1) is 15.4. The highest BCUT2D eigenvalue weighted by atomic mass is 35.5. The Morgan fingerprint density at radius 2 is 1.91 bits per heavy atom. The van der Waals surface area contributed by atoms with Crippen LogP contribution in [0.3, 0.4) is 0 Å². The SMILES string of the molecule is CN1CCc2c(C#N)c(N)c(C#N)c(-c3cccc(Cl)c3)c2C1. The van der Waals surface area contributed by atoms with Crippen LogP contribution in [0.25, 0.3) is 11.1 Å². The van der Waals surface area contributed by atoms with Crippen LogP contribution < -0.4 is 5.73 Å². The van der Waals surface area contributed by atoms with Crippen LogP contribution in [0.5, 0.6) is 0 Å². The lowest BCUT2D eigenvalue weighted by atomic mass is 9.84. The summed E-state index contributed by atoms with van der Waals surface area (Å²) in [5, 5.41) is 19.7. The third kappa shape index (κ3) is 2.53. The maximum absolute atomic E-state index is 9.63. The van der Waals surface area contributed by atoms with Crippen LogP contribution in [0.15, 0.2) is 24.3 Å². The quantitative estimate of drug-likeness (QED) is 0.817. The molecule has 4 nitrogen and oxygen atoms in total.